The smallest absolute Gasteiger partial charge is 0.130 e. The van der Waals surface area contributed by atoms with E-state index in [1.165, 1.54) is 6.07 Å². The minimum atomic E-state index is 0.169. The summed E-state index contributed by atoms with van der Waals surface area (Å²) in [5.41, 5.74) is 1.61. The van der Waals surface area contributed by atoms with Crippen LogP contribution in [0.4, 0.5) is 0 Å². The molecule has 0 aliphatic heterocycles. The molecule has 0 aromatic heterocycles. The van der Waals surface area contributed by atoms with Gasteiger partial charge in [-0.2, -0.15) is 0 Å². The van der Waals surface area contributed by atoms with Crippen LogP contribution < -0.4 is 4.74 Å². The van der Waals surface area contributed by atoms with E-state index in [1.807, 2.05) is 0 Å². The number of methoxy groups -OCH3 is 1. The lowest BCUT2D eigenvalue weighted by Crippen LogP contribution is -1.91. The summed E-state index contributed by atoms with van der Waals surface area (Å²) in [5.74, 6) is 1.11. The van der Waals surface area contributed by atoms with Crippen molar-refractivity contribution in [3.8, 4) is 11.5 Å². The molecule has 0 amide bonds. The highest BCUT2D eigenvalue weighted by Crippen LogP contribution is 2.29. The van der Waals surface area contributed by atoms with Gasteiger partial charge in [-0.1, -0.05) is 6.58 Å². The van der Waals surface area contributed by atoms with Gasteiger partial charge < -0.3 is 9.84 Å². The van der Waals surface area contributed by atoms with Crippen LogP contribution in [0.5, 0.6) is 11.5 Å². The van der Waals surface area contributed by atoms with E-state index in [9.17, 15) is 5.11 Å². The van der Waals surface area contributed by atoms with E-state index in [0.717, 1.165) is 11.1 Å². The number of phenolic OH excluding ortho intramolecular Hbond substituents is 1. The first-order chi connectivity index (χ1) is 6.19. The van der Waals surface area contributed by atoms with E-state index in [2.05, 4.69) is 6.58 Å². The Morgan fingerprint density at radius 2 is 2.31 bits per heavy atom. The van der Waals surface area contributed by atoms with E-state index in [-0.39, 0.29) is 5.75 Å². The molecule has 0 saturated carbocycles. The maximum absolute atomic E-state index is 9.18. The second kappa shape index (κ2) is 4.19. The molecule has 0 heterocycles. The largest absolute Gasteiger partial charge is 0.508 e. The summed E-state index contributed by atoms with van der Waals surface area (Å²) in [4.78, 5) is 0. The van der Waals surface area contributed by atoms with Crippen molar-refractivity contribution < 1.29 is 9.84 Å². The molecule has 0 aliphatic rings. The van der Waals surface area contributed by atoms with Crippen molar-refractivity contribution in [2.75, 3.05) is 13.0 Å². The number of hydrogen-bond acceptors (Lipinski definition) is 2. The first-order valence-corrected chi connectivity index (χ1v) is 4.33. The number of aromatic hydroxyl groups is 1. The number of phenols is 1. The SMILES string of the molecule is C=C(CCl)c1ccc(O)cc1OC. The molecular formula is C10H11ClO2. The summed E-state index contributed by atoms with van der Waals surface area (Å²) < 4.78 is 5.07. The number of hydrogen-bond donors (Lipinski definition) is 1. The standard InChI is InChI=1S/C10H11ClO2/c1-7(6-11)9-4-3-8(12)5-10(9)13-2/h3-5,12H,1,6H2,2H3. The van der Waals surface area contributed by atoms with Crippen LogP contribution in [0, 0.1) is 0 Å². The number of allylic oxidation sites excluding steroid dienone is 1. The highest BCUT2D eigenvalue weighted by Gasteiger charge is 2.06. The summed E-state index contributed by atoms with van der Waals surface area (Å²) in [5, 5.41) is 9.18. The first kappa shape index (κ1) is 9.93. The van der Waals surface area contributed by atoms with Gasteiger partial charge >= 0.3 is 0 Å². The Balaban J connectivity index is 3.13. The van der Waals surface area contributed by atoms with E-state index < -0.39 is 0 Å². The van der Waals surface area contributed by atoms with Crippen LogP contribution in [-0.2, 0) is 0 Å². The quantitative estimate of drug-likeness (QED) is 0.757. The molecule has 0 unspecified atom stereocenters. The van der Waals surface area contributed by atoms with E-state index in [0.29, 0.717) is 11.6 Å². The number of halogens is 1. The van der Waals surface area contributed by atoms with Gasteiger partial charge in [-0.05, 0) is 17.7 Å². The number of ether oxygens (including phenoxy) is 1. The number of alkyl halides is 1. The van der Waals surface area contributed by atoms with Crippen molar-refractivity contribution >= 4 is 17.2 Å². The lowest BCUT2D eigenvalue weighted by atomic mass is 10.1. The lowest BCUT2D eigenvalue weighted by Gasteiger charge is -2.08. The molecule has 1 aromatic rings. The number of rotatable bonds is 3. The van der Waals surface area contributed by atoms with E-state index in [4.69, 9.17) is 16.3 Å². The summed E-state index contributed by atoms with van der Waals surface area (Å²) in [6.45, 7) is 3.79. The predicted octanol–water partition coefficient (Wildman–Crippen LogP) is 2.65. The predicted molar refractivity (Wildman–Crippen MR) is 54.4 cm³/mol. The van der Waals surface area contributed by atoms with Gasteiger partial charge in [-0.25, -0.2) is 0 Å². The summed E-state index contributed by atoms with van der Waals surface area (Å²) in [7, 11) is 1.54. The average Bonchev–Trinajstić information content (AvgIpc) is 2.16. The fraction of sp³-hybridized carbons (Fsp3) is 0.200. The molecule has 70 valence electrons. The second-order valence-electron chi connectivity index (χ2n) is 2.62. The van der Waals surface area contributed by atoms with Gasteiger partial charge in [0.25, 0.3) is 0 Å². The van der Waals surface area contributed by atoms with E-state index in [1.54, 1.807) is 19.2 Å². The third-order valence-corrected chi connectivity index (χ3v) is 2.05. The Labute approximate surface area is 82.4 Å². The Hall–Kier alpha value is -1.15. The Kier molecular flexibility index (Phi) is 3.20. The molecule has 0 atom stereocenters. The molecular weight excluding hydrogens is 188 g/mol. The van der Waals surface area contributed by atoms with Crippen LogP contribution in [0.25, 0.3) is 5.57 Å². The first-order valence-electron chi connectivity index (χ1n) is 3.80. The third kappa shape index (κ3) is 2.16. The van der Waals surface area contributed by atoms with Crippen LogP contribution in [0.3, 0.4) is 0 Å². The average molecular weight is 199 g/mol. The van der Waals surface area contributed by atoms with Crippen molar-refractivity contribution in [3.63, 3.8) is 0 Å². The molecule has 13 heavy (non-hydrogen) atoms. The molecule has 2 nitrogen and oxygen atoms in total. The molecule has 0 fully saturated rings. The summed E-state index contributed by atoms with van der Waals surface area (Å²) in [6.07, 6.45) is 0. The van der Waals surface area contributed by atoms with Gasteiger partial charge in [0.2, 0.25) is 0 Å². The molecule has 0 radical (unpaired) electrons. The topological polar surface area (TPSA) is 29.5 Å². The Morgan fingerprint density at radius 1 is 1.62 bits per heavy atom. The fourth-order valence-electron chi connectivity index (χ4n) is 1.04. The molecule has 1 rings (SSSR count). The van der Waals surface area contributed by atoms with Crippen LogP contribution >= 0.6 is 11.6 Å². The van der Waals surface area contributed by atoms with Crippen LogP contribution in [0.2, 0.25) is 0 Å². The van der Waals surface area contributed by atoms with E-state index >= 15 is 0 Å². The number of benzene rings is 1. The van der Waals surface area contributed by atoms with Gasteiger partial charge in [-0.15, -0.1) is 11.6 Å². The van der Waals surface area contributed by atoms with Crippen LogP contribution in [0.15, 0.2) is 24.8 Å². The molecule has 0 bridgehead atoms. The van der Waals surface area contributed by atoms with Crippen molar-refractivity contribution in [1.82, 2.24) is 0 Å². The van der Waals surface area contributed by atoms with Crippen molar-refractivity contribution in [3.05, 3.63) is 30.3 Å². The van der Waals surface area contributed by atoms with Gasteiger partial charge in [0.05, 0.1) is 7.11 Å². The summed E-state index contributed by atoms with van der Waals surface area (Å²) in [6, 6.07) is 4.85. The van der Waals surface area contributed by atoms with Gasteiger partial charge in [0.1, 0.15) is 11.5 Å². The minimum Gasteiger partial charge on any atom is -0.508 e. The molecule has 1 N–H and O–H groups in total. The van der Waals surface area contributed by atoms with Crippen LogP contribution in [-0.4, -0.2) is 18.1 Å². The van der Waals surface area contributed by atoms with Gasteiger partial charge in [0.15, 0.2) is 0 Å². The molecule has 0 spiro atoms. The van der Waals surface area contributed by atoms with Crippen molar-refractivity contribution in [1.29, 1.82) is 0 Å². The molecule has 1 aromatic carbocycles. The molecule has 0 saturated heterocycles. The zero-order valence-corrected chi connectivity index (χ0v) is 8.14. The van der Waals surface area contributed by atoms with Gasteiger partial charge in [-0.3, -0.25) is 0 Å². The maximum atomic E-state index is 9.18. The zero-order chi connectivity index (χ0) is 9.84. The van der Waals surface area contributed by atoms with Crippen LogP contribution in [0.1, 0.15) is 5.56 Å². The minimum absolute atomic E-state index is 0.169. The Bertz CT molecular complexity index is 321. The summed E-state index contributed by atoms with van der Waals surface area (Å²) >= 11 is 5.64. The third-order valence-electron chi connectivity index (χ3n) is 1.73. The van der Waals surface area contributed by atoms with Crippen molar-refractivity contribution in [2.45, 2.75) is 0 Å². The monoisotopic (exact) mass is 198 g/mol. The lowest BCUT2D eigenvalue weighted by molar-refractivity contribution is 0.406. The second-order valence-corrected chi connectivity index (χ2v) is 2.89. The fourth-order valence-corrected chi connectivity index (χ4v) is 1.19. The Morgan fingerprint density at radius 3 is 2.85 bits per heavy atom. The van der Waals surface area contributed by atoms with Gasteiger partial charge in [0, 0.05) is 17.5 Å². The molecule has 0 aliphatic carbocycles. The molecule has 3 heteroatoms. The normalized spacial score (nSPS) is 9.69. The highest BCUT2D eigenvalue weighted by molar-refractivity contribution is 6.23. The highest BCUT2D eigenvalue weighted by atomic mass is 35.5. The van der Waals surface area contributed by atoms with Crippen molar-refractivity contribution in [2.24, 2.45) is 0 Å². The zero-order valence-electron chi connectivity index (χ0n) is 7.38. The maximum Gasteiger partial charge on any atom is 0.130 e.